The summed E-state index contributed by atoms with van der Waals surface area (Å²) in [5, 5.41) is 0. The van der Waals surface area contributed by atoms with Crippen molar-refractivity contribution in [3.05, 3.63) is 35.4 Å². The van der Waals surface area contributed by atoms with Gasteiger partial charge in [-0.2, -0.15) is 13.2 Å². The summed E-state index contributed by atoms with van der Waals surface area (Å²) in [5.41, 5.74) is -0.338. The van der Waals surface area contributed by atoms with Gasteiger partial charge in [-0.3, -0.25) is 0 Å². The van der Waals surface area contributed by atoms with Crippen LogP contribution in [0, 0.1) is 6.07 Å². The second-order valence-electron chi connectivity index (χ2n) is 4.24. The summed E-state index contributed by atoms with van der Waals surface area (Å²) in [5.74, 6) is 0. The van der Waals surface area contributed by atoms with E-state index in [1.54, 1.807) is 0 Å². The Kier molecular flexibility index (Phi) is 2.61. The first-order chi connectivity index (χ1) is 6.21. The third-order valence-corrected chi connectivity index (χ3v) is 1.94. The normalized spacial score (nSPS) is 13.0. The van der Waals surface area contributed by atoms with Crippen molar-refractivity contribution in [2.45, 2.75) is 32.4 Å². The van der Waals surface area contributed by atoms with E-state index in [-0.39, 0.29) is 5.41 Å². The van der Waals surface area contributed by atoms with E-state index >= 15 is 0 Å². The maximum atomic E-state index is 12.3. The Hall–Kier alpha value is -0.990. The fourth-order valence-corrected chi connectivity index (χ4v) is 1.08. The van der Waals surface area contributed by atoms with Crippen molar-refractivity contribution in [2.24, 2.45) is 0 Å². The molecule has 0 aliphatic carbocycles. The SMILES string of the molecule is CC(C)(C)c1[c]ccc(C(F)(F)F)c1. The topological polar surface area (TPSA) is 0 Å². The van der Waals surface area contributed by atoms with Crippen molar-refractivity contribution >= 4 is 0 Å². The molecule has 0 bridgehead atoms. The molecule has 0 aliphatic rings. The standard InChI is InChI=1S/C11H12F3/c1-10(2,3)8-5-4-6-9(7-8)11(12,13)14/h4,6-7H,1-3H3. The van der Waals surface area contributed by atoms with Crippen LogP contribution in [0.1, 0.15) is 31.9 Å². The van der Waals surface area contributed by atoms with E-state index in [1.165, 1.54) is 6.07 Å². The summed E-state index contributed by atoms with van der Waals surface area (Å²) < 4.78 is 37.0. The molecule has 1 radical (unpaired) electrons. The number of hydrogen-bond donors (Lipinski definition) is 0. The largest absolute Gasteiger partial charge is 0.416 e. The van der Waals surface area contributed by atoms with Crippen molar-refractivity contribution in [2.75, 3.05) is 0 Å². The van der Waals surface area contributed by atoms with Gasteiger partial charge in [0.05, 0.1) is 5.56 Å². The zero-order valence-electron chi connectivity index (χ0n) is 8.37. The second kappa shape index (κ2) is 3.30. The molecule has 0 atom stereocenters. The fraction of sp³-hybridized carbons (Fsp3) is 0.455. The molecule has 0 unspecified atom stereocenters. The molecule has 0 heterocycles. The first-order valence-electron chi connectivity index (χ1n) is 4.30. The van der Waals surface area contributed by atoms with Crippen LogP contribution in [0.3, 0.4) is 0 Å². The average molecular weight is 201 g/mol. The van der Waals surface area contributed by atoms with Gasteiger partial charge in [-0.05, 0) is 29.2 Å². The lowest BCUT2D eigenvalue weighted by Gasteiger charge is -2.19. The van der Waals surface area contributed by atoms with E-state index < -0.39 is 11.7 Å². The number of benzene rings is 1. The van der Waals surface area contributed by atoms with Gasteiger partial charge in [0.1, 0.15) is 0 Å². The zero-order chi connectivity index (χ0) is 11.0. The Morgan fingerprint density at radius 2 is 1.71 bits per heavy atom. The highest BCUT2D eigenvalue weighted by atomic mass is 19.4. The minimum absolute atomic E-state index is 0.304. The van der Waals surface area contributed by atoms with E-state index in [2.05, 4.69) is 6.07 Å². The van der Waals surface area contributed by atoms with Crippen molar-refractivity contribution in [3.63, 3.8) is 0 Å². The van der Waals surface area contributed by atoms with Crippen molar-refractivity contribution in [1.82, 2.24) is 0 Å². The molecule has 0 fully saturated rings. The number of hydrogen-bond acceptors (Lipinski definition) is 0. The van der Waals surface area contributed by atoms with Crippen LogP contribution >= 0.6 is 0 Å². The van der Waals surface area contributed by atoms with Crippen LogP contribution in [0.15, 0.2) is 18.2 Å². The lowest BCUT2D eigenvalue weighted by atomic mass is 9.86. The Balaban J connectivity index is 3.15. The molecular formula is C11H12F3. The summed E-state index contributed by atoms with van der Waals surface area (Å²) in [6.45, 7) is 5.58. The van der Waals surface area contributed by atoms with E-state index in [1.807, 2.05) is 20.8 Å². The molecule has 0 aliphatic heterocycles. The molecule has 1 rings (SSSR count). The van der Waals surface area contributed by atoms with Crippen molar-refractivity contribution in [1.29, 1.82) is 0 Å². The summed E-state index contributed by atoms with van der Waals surface area (Å²) in [7, 11) is 0. The van der Waals surface area contributed by atoms with Gasteiger partial charge in [-0.25, -0.2) is 0 Å². The summed E-state index contributed by atoms with van der Waals surface area (Å²) >= 11 is 0. The van der Waals surface area contributed by atoms with E-state index in [0.717, 1.165) is 12.1 Å². The highest BCUT2D eigenvalue weighted by Crippen LogP contribution is 2.32. The predicted molar refractivity (Wildman–Crippen MR) is 49.0 cm³/mol. The number of halogens is 3. The van der Waals surface area contributed by atoms with Gasteiger partial charge in [0.15, 0.2) is 0 Å². The van der Waals surface area contributed by atoms with Gasteiger partial charge in [-0.15, -0.1) is 0 Å². The van der Waals surface area contributed by atoms with Crippen LogP contribution in [0.25, 0.3) is 0 Å². The number of alkyl halides is 3. The van der Waals surface area contributed by atoms with E-state index in [9.17, 15) is 13.2 Å². The molecule has 3 heteroatoms. The molecule has 1 aromatic carbocycles. The van der Waals surface area contributed by atoms with Gasteiger partial charge in [-0.1, -0.05) is 26.8 Å². The van der Waals surface area contributed by atoms with Crippen LogP contribution in [0.5, 0.6) is 0 Å². The Bertz CT molecular complexity index is 289. The summed E-state index contributed by atoms with van der Waals surface area (Å²) in [6.07, 6.45) is -4.27. The zero-order valence-corrected chi connectivity index (χ0v) is 8.37. The molecule has 1 aromatic rings. The van der Waals surface area contributed by atoms with Gasteiger partial charge < -0.3 is 0 Å². The van der Waals surface area contributed by atoms with Gasteiger partial charge in [0.2, 0.25) is 0 Å². The maximum Gasteiger partial charge on any atom is 0.416 e. The molecule has 0 nitrogen and oxygen atoms in total. The Morgan fingerprint density at radius 3 is 2.14 bits per heavy atom. The Labute approximate surface area is 81.8 Å². The van der Waals surface area contributed by atoms with Gasteiger partial charge in [0, 0.05) is 0 Å². The molecule has 0 amide bonds. The fourth-order valence-electron chi connectivity index (χ4n) is 1.08. The van der Waals surface area contributed by atoms with Gasteiger partial charge >= 0.3 is 6.18 Å². The van der Waals surface area contributed by atoms with Gasteiger partial charge in [0.25, 0.3) is 0 Å². The molecule has 0 N–H and O–H groups in total. The number of rotatable bonds is 0. The first-order valence-corrected chi connectivity index (χ1v) is 4.30. The van der Waals surface area contributed by atoms with Crippen molar-refractivity contribution in [3.8, 4) is 0 Å². The van der Waals surface area contributed by atoms with Crippen LogP contribution in [0.4, 0.5) is 13.2 Å². The minimum Gasteiger partial charge on any atom is -0.166 e. The van der Waals surface area contributed by atoms with Crippen LogP contribution in [0.2, 0.25) is 0 Å². The summed E-state index contributed by atoms with van der Waals surface area (Å²) in [4.78, 5) is 0. The maximum absolute atomic E-state index is 12.3. The van der Waals surface area contributed by atoms with Crippen LogP contribution in [-0.2, 0) is 11.6 Å². The minimum atomic E-state index is -4.27. The Morgan fingerprint density at radius 1 is 1.14 bits per heavy atom. The smallest absolute Gasteiger partial charge is 0.166 e. The molecular weight excluding hydrogens is 189 g/mol. The molecule has 0 saturated heterocycles. The molecule has 0 spiro atoms. The molecule has 0 aromatic heterocycles. The molecule has 0 saturated carbocycles. The molecule has 14 heavy (non-hydrogen) atoms. The van der Waals surface area contributed by atoms with Crippen molar-refractivity contribution < 1.29 is 13.2 Å². The lowest BCUT2D eigenvalue weighted by Crippen LogP contribution is -2.13. The van der Waals surface area contributed by atoms with E-state index in [0.29, 0.717) is 5.56 Å². The summed E-state index contributed by atoms with van der Waals surface area (Å²) in [6, 6.07) is 6.33. The predicted octanol–water partition coefficient (Wildman–Crippen LogP) is 3.80. The van der Waals surface area contributed by atoms with Crippen LogP contribution in [-0.4, -0.2) is 0 Å². The second-order valence-corrected chi connectivity index (χ2v) is 4.24. The third kappa shape index (κ3) is 2.50. The van der Waals surface area contributed by atoms with E-state index in [4.69, 9.17) is 0 Å². The quantitative estimate of drug-likeness (QED) is 0.598. The highest BCUT2D eigenvalue weighted by Gasteiger charge is 2.31. The molecule has 77 valence electrons. The monoisotopic (exact) mass is 201 g/mol. The third-order valence-electron chi connectivity index (χ3n) is 1.94. The lowest BCUT2D eigenvalue weighted by molar-refractivity contribution is -0.137. The first kappa shape index (κ1) is 11.1. The van der Waals surface area contributed by atoms with Crippen LogP contribution < -0.4 is 0 Å². The average Bonchev–Trinajstić information content (AvgIpc) is 2.01. The highest BCUT2D eigenvalue weighted by molar-refractivity contribution is 5.29.